The third-order valence-corrected chi connectivity index (χ3v) is 2.69. The number of rotatable bonds is 3. The molecule has 102 valence electrons. The first-order valence-corrected chi connectivity index (χ1v) is 5.69. The van der Waals surface area contributed by atoms with Crippen LogP contribution in [0.2, 0.25) is 0 Å². The van der Waals surface area contributed by atoms with Gasteiger partial charge in [0.15, 0.2) is 6.29 Å². The summed E-state index contributed by atoms with van der Waals surface area (Å²) in [6, 6.07) is 0. The van der Waals surface area contributed by atoms with Gasteiger partial charge >= 0.3 is 10.4 Å². The molecule has 0 saturated carbocycles. The number of aliphatic hydroxyl groups is 5. The van der Waals surface area contributed by atoms with Crippen molar-refractivity contribution in [3.8, 4) is 0 Å². The molecule has 1 aliphatic rings. The van der Waals surface area contributed by atoms with Crippen LogP contribution in [0.5, 0.6) is 0 Å². The van der Waals surface area contributed by atoms with Crippen molar-refractivity contribution in [3.63, 3.8) is 0 Å². The lowest BCUT2D eigenvalue weighted by atomic mass is 9.95. The molecule has 10 nitrogen and oxygen atoms in total. The highest BCUT2D eigenvalue weighted by Crippen LogP contribution is 2.31. The third kappa shape index (κ3) is 2.90. The fraction of sp³-hybridized carbons (Fsp3) is 1.00. The largest absolute Gasteiger partial charge is 0.400 e. The van der Waals surface area contributed by atoms with Crippen LogP contribution in [0.15, 0.2) is 0 Å². The quantitative estimate of drug-likeness (QED) is 0.220. The summed E-state index contributed by atoms with van der Waals surface area (Å²) >= 11 is 0. The minimum atomic E-state index is -5.19. The van der Waals surface area contributed by atoms with Crippen molar-refractivity contribution in [1.29, 1.82) is 0 Å². The Morgan fingerprint density at radius 1 is 1.29 bits per heavy atom. The molecular weight excluding hydrogens is 264 g/mol. The minimum Gasteiger partial charge on any atom is -0.393 e. The molecule has 1 saturated heterocycles. The first-order valence-electron chi connectivity index (χ1n) is 4.32. The first-order chi connectivity index (χ1) is 7.62. The summed E-state index contributed by atoms with van der Waals surface area (Å²) in [4.78, 5) is 0. The molecule has 1 aliphatic heterocycles. The predicted molar refractivity (Wildman–Crippen MR) is 47.6 cm³/mol. The van der Waals surface area contributed by atoms with Gasteiger partial charge in [-0.2, -0.15) is 8.42 Å². The summed E-state index contributed by atoms with van der Waals surface area (Å²) in [5, 5.41) is 46.1. The van der Waals surface area contributed by atoms with Crippen molar-refractivity contribution < 1.29 is 47.4 Å². The van der Waals surface area contributed by atoms with Gasteiger partial charge in [-0.15, -0.1) is 0 Å². The van der Waals surface area contributed by atoms with Crippen molar-refractivity contribution in [2.45, 2.75) is 30.4 Å². The smallest absolute Gasteiger partial charge is 0.393 e. The Kier molecular flexibility index (Phi) is 4.08. The van der Waals surface area contributed by atoms with Crippen LogP contribution >= 0.6 is 0 Å². The summed E-state index contributed by atoms with van der Waals surface area (Å²) < 4.78 is 37.6. The van der Waals surface area contributed by atoms with E-state index in [1.165, 1.54) is 0 Å². The number of hydrogen-bond donors (Lipinski definition) is 6. The van der Waals surface area contributed by atoms with Crippen LogP contribution < -0.4 is 0 Å². The van der Waals surface area contributed by atoms with E-state index in [-0.39, 0.29) is 0 Å². The molecule has 0 unspecified atom stereocenters. The Hall–Kier alpha value is -0.370. The molecule has 1 rings (SSSR count). The lowest BCUT2D eigenvalue weighted by Crippen LogP contribution is -2.68. The monoisotopic (exact) mass is 276 g/mol. The Bertz CT molecular complexity index is 363. The zero-order chi connectivity index (χ0) is 13.4. The van der Waals surface area contributed by atoms with Gasteiger partial charge in [0.1, 0.15) is 18.3 Å². The van der Waals surface area contributed by atoms with Gasteiger partial charge in [-0.3, -0.25) is 4.55 Å². The maximum Gasteiger partial charge on any atom is 0.400 e. The zero-order valence-corrected chi connectivity index (χ0v) is 9.06. The van der Waals surface area contributed by atoms with Crippen molar-refractivity contribution in [2.24, 2.45) is 0 Å². The van der Waals surface area contributed by atoms with Crippen LogP contribution in [0.1, 0.15) is 0 Å². The highest BCUT2D eigenvalue weighted by Gasteiger charge is 2.57. The van der Waals surface area contributed by atoms with Crippen molar-refractivity contribution in [1.82, 2.24) is 0 Å². The minimum absolute atomic E-state index is 1.05. The second-order valence-corrected chi connectivity index (χ2v) is 4.42. The fourth-order valence-electron chi connectivity index (χ4n) is 1.38. The molecule has 0 spiro atoms. The highest BCUT2D eigenvalue weighted by molar-refractivity contribution is 7.80. The van der Waals surface area contributed by atoms with E-state index in [1.807, 2.05) is 0 Å². The van der Waals surface area contributed by atoms with Gasteiger partial charge in [0.05, 0.1) is 6.61 Å². The molecule has 0 amide bonds. The van der Waals surface area contributed by atoms with E-state index in [0.717, 1.165) is 0 Å². The fourth-order valence-corrected chi connectivity index (χ4v) is 1.93. The molecule has 1 fully saturated rings. The molecule has 11 heteroatoms. The second kappa shape index (κ2) is 4.72. The molecule has 17 heavy (non-hydrogen) atoms. The van der Waals surface area contributed by atoms with Gasteiger partial charge in [-0.1, -0.05) is 0 Å². The van der Waals surface area contributed by atoms with Gasteiger partial charge < -0.3 is 30.3 Å². The van der Waals surface area contributed by atoms with Gasteiger partial charge in [0, 0.05) is 0 Å². The second-order valence-electron chi connectivity index (χ2n) is 3.40. The number of aliphatic hydroxyl groups excluding tert-OH is 4. The Labute approximate surface area is 95.6 Å². The summed E-state index contributed by atoms with van der Waals surface area (Å²) in [5.41, 5.74) is 0. The average Bonchev–Trinajstić information content (AvgIpc) is 2.18. The normalized spacial score (nSPS) is 43.6. The molecule has 0 aromatic heterocycles. The maximum atomic E-state index is 10.5. The van der Waals surface area contributed by atoms with E-state index in [0.29, 0.717) is 0 Å². The molecule has 0 bridgehead atoms. The lowest BCUT2D eigenvalue weighted by Gasteiger charge is -2.44. The van der Waals surface area contributed by atoms with Gasteiger partial charge in [0.25, 0.3) is 0 Å². The van der Waals surface area contributed by atoms with Crippen LogP contribution in [0, 0.1) is 0 Å². The molecule has 0 radical (unpaired) electrons. The first kappa shape index (κ1) is 14.7. The summed E-state index contributed by atoms with van der Waals surface area (Å²) in [7, 11) is -5.19. The summed E-state index contributed by atoms with van der Waals surface area (Å²) in [6.45, 7) is -1.05. The molecule has 0 aromatic rings. The standard InChI is InChI=1S/C6H12O10S/c7-1-2-6(11,16-17(12,13)14)4(9)3(8)5(10)15-2/h2-5,7-11H,1H2,(H,12,13,14)/t2-,3-,4-,5-,6-/m1/s1. The van der Waals surface area contributed by atoms with Crippen LogP contribution in [0.4, 0.5) is 0 Å². The van der Waals surface area contributed by atoms with E-state index < -0.39 is 47.4 Å². The molecule has 5 atom stereocenters. The van der Waals surface area contributed by atoms with Crippen molar-refractivity contribution >= 4 is 10.4 Å². The highest BCUT2D eigenvalue weighted by atomic mass is 32.3. The number of hydrogen-bond acceptors (Lipinski definition) is 9. The third-order valence-electron chi connectivity index (χ3n) is 2.21. The van der Waals surface area contributed by atoms with E-state index in [9.17, 15) is 18.6 Å². The van der Waals surface area contributed by atoms with Gasteiger partial charge in [0.2, 0.25) is 5.79 Å². The summed E-state index contributed by atoms with van der Waals surface area (Å²) in [5.74, 6) is -3.12. The van der Waals surface area contributed by atoms with Crippen LogP contribution in [0.3, 0.4) is 0 Å². The summed E-state index contributed by atoms with van der Waals surface area (Å²) in [6.07, 6.45) is -8.28. The average molecular weight is 276 g/mol. The van der Waals surface area contributed by atoms with Crippen LogP contribution in [-0.2, 0) is 19.3 Å². The molecule has 6 N–H and O–H groups in total. The SMILES string of the molecule is O=S(=O)(O)O[C@@]1(O)[C@H](O)[C@@H](O)[C@H](O)O[C@@H]1CO. The van der Waals surface area contributed by atoms with Crippen LogP contribution in [0.25, 0.3) is 0 Å². The lowest BCUT2D eigenvalue weighted by molar-refractivity contribution is -0.370. The van der Waals surface area contributed by atoms with E-state index in [1.54, 1.807) is 0 Å². The Morgan fingerprint density at radius 3 is 2.24 bits per heavy atom. The van der Waals surface area contributed by atoms with Crippen LogP contribution in [-0.4, -0.2) is 75.5 Å². The van der Waals surface area contributed by atoms with Crippen molar-refractivity contribution in [3.05, 3.63) is 0 Å². The van der Waals surface area contributed by atoms with E-state index in [4.69, 9.17) is 19.9 Å². The maximum absolute atomic E-state index is 10.5. The van der Waals surface area contributed by atoms with Crippen molar-refractivity contribution in [2.75, 3.05) is 6.61 Å². The Balaban J connectivity index is 3.07. The molecule has 0 aromatic carbocycles. The molecular formula is C6H12O10S. The zero-order valence-electron chi connectivity index (χ0n) is 8.24. The van der Waals surface area contributed by atoms with Gasteiger partial charge in [-0.05, 0) is 0 Å². The van der Waals surface area contributed by atoms with E-state index >= 15 is 0 Å². The topological polar surface area (TPSA) is 174 Å². The van der Waals surface area contributed by atoms with Gasteiger partial charge in [-0.25, -0.2) is 4.18 Å². The molecule has 1 heterocycles. The Morgan fingerprint density at radius 2 is 1.82 bits per heavy atom. The molecule has 0 aliphatic carbocycles. The number of ether oxygens (including phenoxy) is 1. The van der Waals surface area contributed by atoms with E-state index in [2.05, 4.69) is 8.92 Å². The predicted octanol–water partition coefficient (Wildman–Crippen LogP) is -4.07.